The highest BCUT2D eigenvalue weighted by molar-refractivity contribution is 7.89. The number of anilines is 1. The molecule has 28 heavy (non-hydrogen) atoms. The van der Waals surface area contributed by atoms with Crippen LogP contribution in [0.25, 0.3) is 0 Å². The standard InChI is InChI=1S/C18H19ClN2O6S/c1-3-20-28(25,26)13-6-4-5-12(8-13)18(24)21-15-9-16(27-10-17(22)23)11(2)7-14(15)19/h4-9,20H,3,10H2,1-2H3,(H,21,24)(H,22,23). The second kappa shape index (κ2) is 9.05. The Kier molecular flexibility index (Phi) is 7.00. The molecule has 150 valence electrons. The van der Waals surface area contributed by atoms with Gasteiger partial charge in [0, 0.05) is 18.2 Å². The smallest absolute Gasteiger partial charge is 0.341 e. The maximum Gasteiger partial charge on any atom is 0.341 e. The fourth-order valence-electron chi connectivity index (χ4n) is 2.32. The summed E-state index contributed by atoms with van der Waals surface area (Å²) in [5, 5.41) is 11.5. The summed E-state index contributed by atoms with van der Waals surface area (Å²) in [4.78, 5) is 23.2. The average Bonchev–Trinajstić information content (AvgIpc) is 2.62. The number of rotatable bonds is 8. The topological polar surface area (TPSA) is 122 Å². The van der Waals surface area contributed by atoms with E-state index in [4.69, 9.17) is 21.4 Å². The molecule has 0 bridgehead atoms. The van der Waals surface area contributed by atoms with Gasteiger partial charge in [-0.2, -0.15) is 0 Å². The Labute approximate surface area is 167 Å². The van der Waals surface area contributed by atoms with E-state index in [2.05, 4.69) is 10.0 Å². The molecule has 0 heterocycles. The molecule has 3 N–H and O–H groups in total. The van der Waals surface area contributed by atoms with E-state index in [1.165, 1.54) is 36.4 Å². The van der Waals surface area contributed by atoms with E-state index in [1.54, 1.807) is 13.8 Å². The minimum atomic E-state index is -3.71. The van der Waals surface area contributed by atoms with Crippen molar-refractivity contribution in [2.24, 2.45) is 0 Å². The van der Waals surface area contributed by atoms with Crippen LogP contribution in [0.2, 0.25) is 5.02 Å². The SMILES string of the molecule is CCNS(=O)(=O)c1cccc(C(=O)Nc2cc(OCC(=O)O)c(C)cc2Cl)c1. The van der Waals surface area contributed by atoms with Crippen LogP contribution < -0.4 is 14.8 Å². The van der Waals surface area contributed by atoms with Crippen LogP contribution >= 0.6 is 11.6 Å². The number of carbonyl (C=O) groups excluding carboxylic acids is 1. The van der Waals surface area contributed by atoms with Crippen molar-refractivity contribution in [3.63, 3.8) is 0 Å². The van der Waals surface area contributed by atoms with E-state index < -0.39 is 28.5 Å². The van der Waals surface area contributed by atoms with Crippen LogP contribution in [0.1, 0.15) is 22.8 Å². The van der Waals surface area contributed by atoms with Gasteiger partial charge in [-0.15, -0.1) is 0 Å². The molecule has 0 fully saturated rings. The lowest BCUT2D eigenvalue weighted by Crippen LogP contribution is -2.23. The summed E-state index contributed by atoms with van der Waals surface area (Å²) in [6.07, 6.45) is 0. The summed E-state index contributed by atoms with van der Waals surface area (Å²) in [6, 6.07) is 8.49. The zero-order valence-electron chi connectivity index (χ0n) is 15.2. The molecule has 0 atom stereocenters. The maximum atomic E-state index is 12.5. The Hall–Kier alpha value is -2.62. The average molecular weight is 427 g/mol. The number of halogens is 1. The van der Waals surface area contributed by atoms with Crippen molar-refractivity contribution in [1.29, 1.82) is 0 Å². The second-order valence-corrected chi connectivity index (χ2v) is 7.94. The van der Waals surface area contributed by atoms with Crippen LogP contribution in [-0.4, -0.2) is 38.6 Å². The molecule has 10 heteroatoms. The van der Waals surface area contributed by atoms with Crippen molar-refractivity contribution < 1.29 is 27.9 Å². The number of benzene rings is 2. The molecule has 0 unspecified atom stereocenters. The summed E-state index contributed by atoms with van der Waals surface area (Å²) in [5.41, 5.74) is 0.921. The van der Waals surface area contributed by atoms with Gasteiger partial charge in [-0.1, -0.05) is 24.6 Å². The molecule has 0 aromatic heterocycles. The minimum absolute atomic E-state index is 0.0394. The fraction of sp³-hybridized carbons (Fsp3) is 0.222. The predicted octanol–water partition coefficient (Wildman–Crippen LogP) is 2.66. The number of hydrogen-bond acceptors (Lipinski definition) is 5. The van der Waals surface area contributed by atoms with Gasteiger partial charge in [0.15, 0.2) is 6.61 Å². The summed E-state index contributed by atoms with van der Waals surface area (Å²) in [6.45, 7) is 3.01. The second-order valence-electron chi connectivity index (χ2n) is 5.76. The third-order valence-corrected chi connectivity index (χ3v) is 5.46. The van der Waals surface area contributed by atoms with Gasteiger partial charge in [-0.3, -0.25) is 4.79 Å². The van der Waals surface area contributed by atoms with Gasteiger partial charge in [-0.25, -0.2) is 17.9 Å². The number of aryl methyl sites for hydroxylation is 1. The predicted molar refractivity (Wildman–Crippen MR) is 105 cm³/mol. The Morgan fingerprint density at radius 2 is 1.93 bits per heavy atom. The molecule has 0 spiro atoms. The van der Waals surface area contributed by atoms with E-state index in [9.17, 15) is 18.0 Å². The van der Waals surface area contributed by atoms with Crippen LogP contribution in [-0.2, 0) is 14.8 Å². The van der Waals surface area contributed by atoms with Gasteiger partial charge in [0.2, 0.25) is 10.0 Å². The van der Waals surface area contributed by atoms with Crippen molar-refractivity contribution >= 4 is 39.2 Å². The summed E-state index contributed by atoms with van der Waals surface area (Å²) in [7, 11) is -3.71. The van der Waals surface area contributed by atoms with Crippen LogP contribution in [0.15, 0.2) is 41.3 Å². The molecular formula is C18H19ClN2O6S. The lowest BCUT2D eigenvalue weighted by molar-refractivity contribution is -0.139. The number of carboxylic acid groups (broad SMARTS) is 1. The van der Waals surface area contributed by atoms with Crippen molar-refractivity contribution in [2.45, 2.75) is 18.7 Å². The number of carbonyl (C=O) groups is 2. The molecule has 8 nitrogen and oxygen atoms in total. The molecule has 2 aromatic carbocycles. The number of sulfonamides is 1. The monoisotopic (exact) mass is 426 g/mol. The van der Waals surface area contributed by atoms with Gasteiger partial charge < -0.3 is 15.2 Å². The first-order valence-corrected chi connectivity index (χ1v) is 10.1. The van der Waals surface area contributed by atoms with Gasteiger partial charge >= 0.3 is 5.97 Å². The van der Waals surface area contributed by atoms with E-state index in [-0.39, 0.29) is 33.5 Å². The van der Waals surface area contributed by atoms with Gasteiger partial charge in [0.25, 0.3) is 5.91 Å². The van der Waals surface area contributed by atoms with Crippen molar-refractivity contribution in [3.8, 4) is 5.75 Å². The van der Waals surface area contributed by atoms with Gasteiger partial charge in [0.05, 0.1) is 15.6 Å². The summed E-state index contributed by atoms with van der Waals surface area (Å²) < 4.78 is 31.7. The molecule has 0 aliphatic rings. The molecule has 1 amide bonds. The Balaban J connectivity index is 2.28. The minimum Gasteiger partial charge on any atom is -0.482 e. The van der Waals surface area contributed by atoms with Crippen molar-refractivity contribution in [3.05, 3.63) is 52.5 Å². The third kappa shape index (κ3) is 5.44. The van der Waals surface area contributed by atoms with Gasteiger partial charge in [-0.05, 0) is 36.8 Å². The molecule has 2 aromatic rings. The molecule has 2 rings (SSSR count). The van der Waals surface area contributed by atoms with Crippen LogP contribution in [0, 0.1) is 6.92 Å². The first-order valence-electron chi connectivity index (χ1n) is 8.20. The number of ether oxygens (including phenoxy) is 1. The number of amides is 1. The third-order valence-electron chi connectivity index (χ3n) is 3.60. The fourth-order valence-corrected chi connectivity index (χ4v) is 3.67. The van der Waals surface area contributed by atoms with Crippen LogP contribution in [0.3, 0.4) is 0 Å². The number of carboxylic acids is 1. The highest BCUT2D eigenvalue weighted by Gasteiger charge is 2.17. The van der Waals surface area contributed by atoms with Crippen LogP contribution in [0.4, 0.5) is 5.69 Å². The molecular weight excluding hydrogens is 408 g/mol. The molecule has 0 aliphatic carbocycles. The maximum absolute atomic E-state index is 12.5. The molecule has 0 saturated heterocycles. The largest absolute Gasteiger partial charge is 0.482 e. The Bertz CT molecular complexity index is 1010. The van der Waals surface area contributed by atoms with E-state index >= 15 is 0 Å². The van der Waals surface area contributed by atoms with Crippen LogP contribution in [0.5, 0.6) is 5.75 Å². The quantitative estimate of drug-likeness (QED) is 0.596. The molecule has 0 saturated carbocycles. The zero-order chi connectivity index (χ0) is 20.9. The Morgan fingerprint density at radius 3 is 2.57 bits per heavy atom. The molecule has 0 aliphatic heterocycles. The summed E-state index contributed by atoms with van der Waals surface area (Å²) >= 11 is 6.15. The van der Waals surface area contributed by atoms with E-state index in [1.807, 2.05) is 0 Å². The number of aliphatic carboxylic acids is 1. The van der Waals surface area contributed by atoms with Crippen molar-refractivity contribution in [2.75, 3.05) is 18.5 Å². The molecule has 0 radical (unpaired) electrons. The highest BCUT2D eigenvalue weighted by atomic mass is 35.5. The first kappa shape index (κ1) is 21.7. The normalized spacial score (nSPS) is 11.1. The lowest BCUT2D eigenvalue weighted by Gasteiger charge is -2.13. The first-order chi connectivity index (χ1) is 13.1. The van der Waals surface area contributed by atoms with E-state index in [0.717, 1.165) is 0 Å². The summed E-state index contributed by atoms with van der Waals surface area (Å²) in [5.74, 6) is -1.47. The number of nitrogens with one attached hydrogen (secondary N) is 2. The van der Waals surface area contributed by atoms with Crippen molar-refractivity contribution in [1.82, 2.24) is 4.72 Å². The zero-order valence-corrected chi connectivity index (χ0v) is 16.7. The number of hydrogen-bond donors (Lipinski definition) is 3. The lowest BCUT2D eigenvalue weighted by atomic mass is 10.1. The van der Waals surface area contributed by atoms with Gasteiger partial charge in [0.1, 0.15) is 5.75 Å². The van der Waals surface area contributed by atoms with E-state index in [0.29, 0.717) is 5.56 Å². The Morgan fingerprint density at radius 1 is 1.21 bits per heavy atom. The highest BCUT2D eigenvalue weighted by Crippen LogP contribution is 2.31.